The van der Waals surface area contributed by atoms with E-state index in [9.17, 15) is 32.3 Å². The van der Waals surface area contributed by atoms with E-state index in [4.69, 9.17) is 0 Å². The molecule has 2 N–H and O–H groups in total. The zero-order valence-electron chi connectivity index (χ0n) is 28.9. The van der Waals surface area contributed by atoms with Crippen LogP contribution in [0.5, 0.6) is 0 Å². The fourth-order valence-electron chi connectivity index (χ4n) is 7.39. The van der Waals surface area contributed by atoms with Gasteiger partial charge in [0.25, 0.3) is 0 Å². The predicted octanol–water partition coefficient (Wildman–Crippen LogP) is 5.12. The number of anilines is 1. The van der Waals surface area contributed by atoms with Crippen LogP contribution in [-0.4, -0.2) is 71.8 Å². The number of aromatic nitrogens is 5. The molecular weight excluding hydrogens is 677 g/mol. The van der Waals surface area contributed by atoms with E-state index in [1.165, 1.54) is 29.5 Å². The van der Waals surface area contributed by atoms with E-state index < -0.39 is 41.2 Å². The molecule has 2 bridgehead atoms. The number of ketones is 1. The van der Waals surface area contributed by atoms with Gasteiger partial charge in [-0.1, -0.05) is 18.2 Å². The molecule has 1 aromatic carbocycles. The van der Waals surface area contributed by atoms with Crippen LogP contribution in [0, 0.1) is 19.3 Å². The Morgan fingerprint density at radius 3 is 2.60 bits per heavy atom. The summed E-state index contributed by atoms with van der Waals surface area (Å²) in [6.07, 6.45) is 5.28. The Hall–Kier alpha value is -5.47. The van der Waals surface area contributed by atoms with E-state index in [1.807, 2.05) is 31.2 Å². The monoisotopic (exact) mass is 714 g/mol. The van der Waals surface area contributed by atoms with Crippen LogP contribution in [0.15, 0.2) is 48.8 Å². The molecular formula is C37H37F3N8O4. The number of pyridine rings is 1. The molecule has 1 saturated heterocycles. The number of aryl methyl sites for hydroxylation is 2. The highest BCUT2D eigenvalue weighted by molar-refractivity contribution is 6.07. The van der Waals surface area contributed by atoms with Gasteiger partial charge in [0.15, 0.2) is 5.78 Å². The minimum Gasteiger partial charge on any atom is -0.355 e. The smallest absolute Gasteiger partial charge is 0.355 e. The first-order valence-electron chi connectivity index (χ1n) is 17.2. The summed E-state index contributed by atoms with van der Waals surface area (Å²) in [6.45, 7) is 4.70. The number of Topliss-reactive ketones (excluding diaryl/α,β-unsaturated/α-hetero) is 1. The molecule has 2 fully saturated rings. The number of carbonyl (C=O) groups excluding carboxylic acids is 4. The maximum absolute atomic E-state index is 14.4. The first kappa shape index (κ1) is 35.0. The van der Waals surface area contributed by atoms with Crippen molar-refractivity contribution in [3.63, 3.8) is 0 Å². The minimum absolute atomic E-state index is 0.141. The lowest BCUT2D eigenvalue weighted by Crippen LogP contribution is -2.47. The molecule has 52 heavy (non-hydrogen) atoms. The number of carbonyl (C=O) groups is 4. The van der Waals surface area contributed by atoms with Crippen molar-refractivity contribution in [3.05, 3.63) is 77.0 Å². The average Bonchev–Trinajstić information content (AvgIpc) is 3.50. The number of amides is 3. The highest BCUT2D eigenvalue weighted by atomic mass is 19.4. The molecule has 0 radical (unpaired) electrons. The van der Waals surface area contributed by atoms with Crippen LogP contribution < -0.4 is 10.6 Å². The van der Waals surface area contributed by atoms with Crippen molar-refractivity contribution in [2.24, 2.45) is 5.41 Å². The summed E-state index contributed by atoms with van der Waals surface area (Å²) in [4.78, 5) is 68.1. The topological polar surface area (TPSA) is 152 Å². The van der Waals surface area contributed by atoms with Gasteiger partial charge in [0.1, 0.15) is 29.8 Å². The van der Waals surface area contributed by atoms with Crippen LogP contribution in [0.2, 0.25) is 0 Å². The molecule has 15 heteroatoms. The number of nitrogens with zero attached hydrogens (tertiary/aromatic N) is 6. The van der Waals surface area contributed by atoms with Gasteiger partial charge in [0.2, 0.25) is 17.7 Å². The zero-order chi connectivity index (χ0) is 36.9. The van der Waals surface area contributed by atoms with Gasteiger partial charge in [-0.15, -0.1) is 0 Å². The van der Waals surface area contributed by atoms with Crippen molar-refractivity contribution in [1.29, 1.82) is 0 Å². The van der Waals surface area contributed by atoms with Crippen molar-refractivity contribution >= 4 is 40.2 Å². The second-order valence-electron chi connectivity index (χ2n) is 13.9. The maximum atomic E-state index is 14.4. The molecule has 7 rings (SSSR count). The molecule has 0 unspecified atom stereocenters. The fraction of sp³-hybridized carbons (Fsp3) is 0.405. The number of allylic oxidation sites excluding steroid dienone is 2. The lowest BCUT2D eigenvalue weighted by molar-refractivity contribution is -0.141. The lowest BCUT2D eigenvalue weighted by Gasteiger charge is -2.27. The van der Waals surface area contributed by atoms with Gasteiger partial charge in [0.05, 0.1) is 23.1 Å². The van der Waals surface area contributed by atoms with Gasteiger partial charge in [-0.25, -0.2) is 4.98 Å². The number of nitrogens with one attached hydrogen (secondary N) is 2. The average molecular weight is 715 g/mol. The van der Waals surface area contributed by atoms with Crippen molar-refractivity contribution in [3.8, 4) is 11.3 Å². The lowest BCUT2D eigenvalue weighted by atomic mass is 9.98. The van der Waals surface area contributed by atoms with E-state index in [0.717, 1.165) is 22.9 Å². The molecule has 0 spiro atoms. The Balaban J connectivity index is 1.29. The molecule has 3 aromatic heterocycles. The molecule has 3 atom stereocenters. The normalized spacial score (nSPS) is 22.2. The van der Waals surface area contributed by atoms with Crippen molar-refractivity contribution in [2.45, 2.75) is 84.1 Å². The summed E-state index contributed by atoms with van der Waals surface area (Å²) in [5, 5.41) is 10.7. The van der Waals surface area contributed by atoms with Crippen LogP contribution >= 0.6 is 0 Å². The summed E-state index contributed by atoms with van der Waals surface area (Å²) in [7, 11) is 0. The van der Waals surface area contributed by atoms with Gasteiger partial charge >= 0.3 is 6.18 Å². The van der Waals surface area contributed by atoms with Crippen LogP contribution in [-0.2, 0) is 33.5 Å². The van der Waals surface area contributed by atoms with E-state index in [0.29, 0.717) is 54.3 Å². The number of rotatable bonds is 4. The molecule has 3 aliphatic rings. The molecule has 1 aliphatic carbocycles. The SMILES string of the molecule is CC(=O)c1nn2c3c(cc(-c4cnc(C)cn4)cc13)CC=CCCCC(=O)NC[C@@]13C[C@@H](C(=O)Nc4nc(C(F)(F)F)ccc4C)N(C(=O)C2)[C@@H]1C3. The van der Waals surface area contributed by atoms with E-state index >= 15 is 0 Å². The number of alkyl halides is 3. The molecule has 3 amide bonds. The Labute approximate surface area is 296 Å². The highest BCUT2D eigenvalue weighted by Crippen LogP contribution is 2.59. The number of hydrogen-bond acceptors (Lipinski definition) is 8. The minimum atomic E-state index is -4.72. The third-order valence-corrected chi connectivity index (χ3v) is 10.2. The molecule has 12 nitrogen and oxygen atoms in total. The molecule has 1 saturated carbocycles. The largest absolute Gasteiger partial charge is 0.433 e. The van der Waals surface area contributed by atoms with Crippen molar-refractivity contribution in [2.75, 3.05) is 11.9 Å². The third-order valence-electron chi connectivity index (χ3n) is 10.2. The van der Waals surface area contributed by atoms with E-state index in [-0.39, 0.29) is 42.7 Å². The highest BCUT2D eigenvalue weighted by Gasteiger charge is 2.67. The van der Waals surface area contributed by atoms with Crippen LogP contribution in [0.25, 0.3) is 22.2 Å². The number of hydrogen-bond donors (Lipinski definition) is 2. The Bertz CT molecular complexity index is 2140. The zero-order valence-corrected chi connectivity index (χ0v) is 28.9. The van der Waals surface area contributed by atoms with Crippen LogP contribution in [0.3, 0.4) is 0 Å². The third kappa shape index (κ3) is 6.66. The quantitative estimate of drug-likeness (QED) is 0.218. The Kier molecular flexibility index (Phi) is 8.91. The Morgan fingerprint density at radius 1 is 1.06 bits per heavy atom. The first-order valence-corrected chi connectivity index (χ1v) is 17.2. The van der Waals surface area contributed by atoms with Crippen LogP contribution in [0.4, 0.5) is 19.0 Å². The molecule has 5 heterocycles. The summed E-state index contributed by atoms with van der Waals surface area (Å²) in [5.41, 5.74) is 2.19. The number of piperidine rings is 1. The van der Waals surface area contributed by atoms with Gasteiger partial charge in [-0.05, 0) is 75.3 Å². The molecule has 4 aromatic rings. The standard InChI is InChI=1S/C37H37F3N8O4/c1-20-10-11-28(37(38,39)40)44-34(20)45-35(52)27-14-36-15-29(36)48(27)31(51)18-47-33-23(8-6-4-5-7-9-30(50)43-19-36)12-24(26-17-41-21(2)16-42-26)13-25(33)32(46-47)22(3)49/h4,6,10-13,16-17,27,29H,5,7-9,14-15,18-19H2,1-3H3,(H,43,50)(H,44,45,52)/t27-,29+,36-/m0/s1. The van der Waals surface area contributed by atoms with Crippen molar-refractivity contribution < 1.29 is 32.3 Å². The van der Waals surface area contributed by atoms with Gasteiger partial charge in [-0.2, -0.15) is 18.3 Å². The summed E-state index contributed by atoms with van der Waals surface area (Å²) < 4.78 is 42.0. The van der Waals surface area contributed by atoms with Gasteiger partial charge in [-0.3, -0.25) is 33.8 Å². The summed E-state index contributed by atoms with van der Waals surface area (Å²) in [6, 6.07) is 4.36. The van der Waals surface area contributed by atoms with E-state index in [1.54, 1.807) is 12.4 Å². The van der Waals surface area contributed by atoms with Crippen LogP contribution in [0.1, 0.15) is 72.0 Å². The summed E-state index contributed by atoms with van der Waals surface area (Å²) >= 11 is 0. The number of halogens is 3. The second-order valence-corrected chi connectivity index (χ2v) is 13.9. The first-order chi connectivity index (χ1) is 24.7. The van der Waals surface area contributed by atoms with Gasteiger partial charge < -0.3 is 15.5 Å². The molecule has 270 valence electrons. The van der Waals surface area contributed by atoms with E-state index in [2.05, 4.69) is 30.7 Å². The Morgan fingerprint density at radius 2 is 1.87 bits per heavy atom. The maximum Gasteiger partial charge on any atom is 0.433 e. The second kappa shape index (κ2) is 13.3. The van der Waals surface area contributed by atoms with Gasteiger partial charge in [0, 0.05) is 48.5 Å². The van der Waals surface area contributed by atoms with Crippen molar-refractivity contribution in [1.82, 2.24) is 34.9 Å². The fourth-order valence-corrected chi connectivity index (χ4v) is 7.39. The predicted molar refractivity (Wildman–Crippen MR) is 184 cm³/mol. The number of benzene rings is 1. The molecule has 2 aliphatic heterocycles. The summed E-state index contributed by atoms with van der Waals surface area (Å²) in [5.74, 6) is -1.83.